The van der Waals surface area contributed by atoms with E-state index in [0.29, 0.717) is 25.9 Å². The summed E-state index contributed by atoms with van der Waals surface area (Å²) >= 11 is 0. The lowest BCUT2D eigenvalue weighted by molar-refractivity contribution is -0.138. The van der Waals surface area contributed by atoms with Gasteiger partial charge >= 0.3 is 0 Å². The summed E-state index contributed by atoms with van der Waals surface area (Å²) in [5.41, 5.74) is 0. The van der Waals surface area contributed by atoms with Gasteiger partial charge in [0.25, 0.3) is 10.2 Å². The highest BCUT2D eigenvalue weighted by Gasteiger charge is 2.34. The molecular weight excluding hydrogens is 292 g/mol. The van der Waals surface area contributed by atoms with Crippen LogP contribution in [0.15, 0.2) is 0 Å². The number of hydrogen-bond donors (Lipinski definition) is 0. The van der Waals surface area contributed by atoms with Crippen LogP contribution < -0.4 is 0 Å². The molecule has 0 saturated carbocycles. The number of likely N-dealkylation sites (N-methyl/N-ethyl adjacent to an activating group) is 1. The van der Waals surface area contributed by atoms with Crippen LogP contribution in [0.5, 0.6) is 0 Å². The first-order valence-corrected chi connectivity index (χ1v) is 8.87. The first kappa shape index (κ1) is 16.7. The molecule has 2 saturated heterocycles. The Kier molecular flexibility index (Phi) is 5.24. The van der Waals surface area contributed by atoms with Gasteiger partial charge in [-0.05, 0) is 19.9 Å². The quantitative estimate of drug-likeness (QED) is 0.689. The summed E-state index contributed by atoms with van der Waals surface area (Å²) in [4.78, 5) is 16.6. The number of rotatable bonds is 3. The van der Waals surface area contributed by atoms with Crippen molar-refractivity contribution in [3.8, 4) is 0 Å². The van der Waals surface area contributed by atoms with Crippen molar-refractivity contribution >= 4 is 16.1 Å². The van der Waals surface area contributed by atoms with Crippen LogP contribution in [0.4, 0.5) is 0 Å². The van der Waals surface area contributed by atoms with E-state index in [4.69, 9.17) is 0 Å². The number of piperidine rings is 1. The van der Waals surface area contributed by atoms with Gasteiger partial charge in [-0.1, -0.05) is 0 Å². The van der Waals surface area contributed by atoms with Gasteiger partial charge in [-0.25, -0.2) is 0 Å². The monoisotopic (exact) mass is 318 g/mol. The Balaban J connectivity index is 1.88. The van der Waals surface area contributed by atoms with Gasteiger partial charge in [0.2, 0.25) is 5.91 Å². The molecule has 2 fully saturated rings. The van der Waals surface area contributed by atoms with Gasteiger partial charge in [0.1, 0.15) is 0 Å². The van der Waals surface area contributed by atoms with Crippen molar-refractivity contribution in [2.45, 2.75) is 12.8 Å². The molecule has 0 radical (unpaired) electrons. The molecule has 2 aliphatic rings. The first-order valence-electron chi connectivity index (χ1n) is 7.47. The van der Waals surface area contributed by atoms with Crippen molar-refractivity contribution in [2.24, 2.45) is 5.92 Å². The van der Waals surface area contributed by atoms with E-state index in [-0.39, 0.29) is 11.8 Å². The van der Waals surface area contributed by atoms with Crippen LogP contribution in [-0.4, -0.2) is 93.1 Å². The maximum atomic E-state index is 12.5. The molecule has 0 atom stereocenters. The molecule has 8 heteroatoms. The highest BCUT2D eigenvalue weighted by molar-refractivity contribution is 7.86. The minimum atomic E-state index is -3.35. The number of amides is 1. The molecule has 0 spiro atoms. The van der Waals surface area contributed by atoms with E-state index >= 15 is 0 Å². The Hall–Kier alpha value is -0.700. The SMILES string of the molecule is CN1CCN(C(=O)C2CCN(S(=O)(=O)N(C)C)CC2)CC1. The molecule has 21 heavy (non-hydrogen) atoms. The molecule has 0 N–H and O–H groups in total. The van der Waals surface area contributed by atoms with E-state index in [1.807, 2.05) is 4.90 Å². The molecule has 7 nitrogen and oxygen atoms in total. The maximum absolute atomic E-state index is 12.5. The lowest BCUT2D eigenvalue weighted by Gasteiger charge is -2.37. The Labute approximate surface area is 127 Å². The van der Waals surface area contributed by atoms with Gasteiger partial charge in [0.05, 0.1) is 0 Å². The van der Waals surface area contributed by atoms with Crippen LogP contribution in [0.3, 0.4) is 0 Å². The van der Waals surface area contributed by atoms with Crippen LogP contribution in [0, 0.1) is 5.92 Å². The summed E-state index contributed by atoms with van der Waals surface area (Å²) in [6.45, 7) is 4.27. The molecule has 0 aliphatic carbocycles. The van der Waals surface area contributed by atoms with Gasteiger partial charge in [0.15, 0.2) is 0 Å². The third kappa shape index (κ3) is 3.74. The summed E-state index contributed by atoms with van der Waals surface area (Å²) in [7, 11) is 1.79. The number of carbonyl (C=O) groups excluding carboxylic acids is 1. The molecule has 2 aliphatic heterocycles. The zero-order valence-electron chi connectivity index (χ0n) is 13.2. The van der Waals surface area contributed by atoms with Gasteiger partial charge in [0, 0.05) is 59.3 Å². The smallest absolute Gasteiger partial charge is 0.281 e. The lowest BCUT2D eigenvalue weighted by atomic mass is 9.96. The summed E-state index contributed by atoms with van der Waals surface area (Å²) in [6.07, 6.45) is 1.25. The zero-order chi connectivity index (χ0) is 15.6. The summed E-state index contributed by atoms with van der Waals surface area (Å²) in [5.74, 6) is 0.173. The van der Waals surface area contributed by atoms with Crippen molar-refractivity contribution in [3.05, 3.63) is 0 Å². The molecule has 0 bridgehead atoms. The fraction of sp³-hybridized carbons (Fsp3) is 0.923. The van der Waals surface area contributed by atoms with Gasteiger partial charge in [-0.2, -0.15) is 17.0 Å². The van der Waals surface area contributed by atoms with Gasteiger partial charge in [-0.3, -0.25) is 4.79 Å². The van der Waals surface area contributed by atoms with E-state index in [1.165, 1.54) is 22.7 Å². The third-order valence-corrected chi connectivity index (χ3v) is 6.35. The molecule has 2 rings (SSSR count). The van der Waals surface area contributed by atoms with Crippen LogP contribution in [0.25, 0.3) is 0 Å². The molecule has 0 unspecified atom stereocenters. The van der Waals surface area contributed by atoms with Crippen molar-refractivity contribution in [1.29, 1.82) is 0 Å². The minimum Gasteiger partial charge on any atom is -0.340 e. The Bertz CT molecular complexity index is 464. The predicted molar refractivity (Wildman–Crippen MR) is 81.0 cm³/mol. The molecular formula is C13H26N4O3S. The molecule has 122 valence electrons. The van der Waals surface area contributed by atoms with Crippen molar-refractivity contribution < 1.29 is 13.2 Å². The summed E-state index contributed by atoms with van der Waals surface area (Å²) in [5, 5.41) is 0. The average Bonchev–Trinajstić information content (AvgIpc) is 2.47. The van der Waals surface area contributed by atoms with E-state index < -0.39 is 10.2 Å². The van der Waals surface area contributed by atoms with E-state index in [9.17, 15) is 13.2 Å². The number of nitrogens with zero attached hydrogens (tertiary/aromatic N) is 4. The van der Waals surface area contributed by atoms with Crippen LogP contribution in [0.2, 0.25) is 0 Å². The lowest BCUT2D eigenvalue weighted by Crippen LogP contribution is -2.51. The number of carbonyl (C=O) groups is 1. The Morgan fingerprint density at radius 1 is 1.00 bits per heavy atom. The molecule has 0 aromatic rings. The fourth-order valence-electron chi connectivity index (χ4n) is 2.85. The fourth-order valence-corrected chi connectivity index (χ4v) is 3.98. The predicted octanol–water partition coefficient (Wildman–Crippen LogP) is -0.721. The van der Waals surface area contributed by atoms with Gasteiger partial charge < -0.3 is 9.80 Å². The second-order valence-electron chi connectivity index (χ2n) is 6.09. The third-order valence-electron chi connectivity index (χ3n) is 4.41. The minimum absolute atomic E-state index is 0.0259. The second-order valence-corrected chi connectivity index (χ2v) is 8.23. The molecule has 2 heterocycles. The van der Waals surface area contributed by atoms with E-state index in [2.05, 4.69) is 11.9 Å². The van der Waals surface area contributed by atoms with Crippen LogP contribution >= 0.6 is 0 Å². The molecule has 1 amide bonds. The topological polar surface area (TPSA) is 64.2 Å². The van der Waals surface area contributed by atoms with E-state index in [1.54, 1.807) is 0 Å². The highest BCUT2D eigenvalue weighted by Crippen LogP contribution is 2.22. The Morgan fingerprint density at radius 3 is 2.00 bits per heavy atom. The van der Waals surface area contributed by atoms with Crippen LogP contribution in [0.1, 0.15) is 12.8 Å². The van der Waals surface area contributed by atoms with Crippen LogP contribution in [-0.2, 0) is 15.0 Å². The normalized spacial score (nSPS) is 23.7. The number of piperazine rings is 1. The average molecular weight is 318 g/mol. The first-order chi connectivity index (χ1) is 9.82. The van der Waals surface area contributed by atoms with Crippen molar-refractivity contribution in [1.82, 2.24) is 18.4 Å². The molecule has 0 aromatic carbocycles. The standard InChI is InChI=1S/C13H26N4O3S/c1-14(2)21(19,20)17-6-4-12(5-7-17)13(18)16-10-8-15(3)9-11-16/h12H,4-11H2,1-3H3. The second kappa shape index (κ2) is 6.60. The highest BCUT2D eigenvalue weighted by atomic mass is 32.2. The van der Waals surface area contributed by atoms with Crippen molar-refractivity contribution in [2.75, 3.05) is 60.4 Å². The van der Waals surface area contributed by atoms with Crippen molar-refractivity contribution in [3.63, 3.8) is 0 Å². The number of hydrogen-bond acceptors (Lipinski definition) is 4. The van der Waals surface area contributed by atoms with E-state index in [0.717, 1.165) is 26.2 Å². The summed E-state index contributed by atoms with van der Waals surface area (Å²) < 4.78 is 26.8. The maximum Gasteiger partial charge on any atom is 0.281 e. The largest absolute Gasteiger partial charge is 0.340 e. The van der Waals surface area contributed by atoms with Gasteiger partial charge in [-0.15, -0.1) is 0 Å². The Morgan fingerprint density at radius 2 is 1.52 bits per heavy atom. The molecule has 0 aromatic heterocycles. The zero-order valence-corrected chi connectivity index (χ0v) is 14.0. The summed E-state index contributed by atoms with van der Waals surface area (Å²) in [6, 6.07) is 0.